The monoisotopic (exact) mass is 259 g/mol. The summed E-state index contributed by atoms with van der Waals surface area (Å²) in [7, 11) is 0. The third-order valence-corrected chi connectivity index (χ3v) is 2.79. The second kappa shape index (κ2) is 5.99. The molecule has 1 unspecified atom stereocenters. The number of amides is 1. The molecule has 1 amide bonds. The lowest BCUT2D eigenvalue weighted by Crippen LogP contribution is -2.20. The van der Waals surface area contributed by atoms with Gasteiger partial charge in [-0.05, 0) is 18.1 Å². The van der Waals surface area contributed by atoms with Crippen molar-refractivity contribution in [2.45, 2.75) is 13.5 Å². The molecule has 0 aliphatic carbocycles. The number of carbonyl (C=O) groups excluding carboxylic acids is 1. The molecule has 6 heteroatoms. The summed E-state index contributed by atoms with van der Waals surface area (Å²) in [6.45, 7) is 3.65. The summed E-state index contributed by atoms with van der Waals surface area (Å²) in [5.41, 5.74) is 6.43. The molecule has 0 bridgehead atoms. The van der Waals surface area contributed by atoms with Gasteiger partial charge in [0.25, 0.3) is 5.91 Å². The molecule has 0 saturated carbocycles. The van der Waals surface area contributed by atoms with Crippen LogP contribution in [0.5, 0.6) is 0 Å². The number of nitrogens with two attached hydrogens (primary N) is 1. The van der Waals surface area contributed by atoms with E-state index in [4.69, 9.17) is 5.73 Å². The Morgan fingerprint density at radius 3 is 3.05 bits per heavy atom. The van der Waals surface area contributed by atoms with Gasteiger partial charge in [-0.25, -0.2) is 0 Å². The normalized spacial score (nSPS) is 12.1. The topological polar surface area (TPSA) is 85.8 Å². The van der Waals surface area contributed by atoms with E-state index in [1.807, 2.05) is 16.9 Å². The number of aromatic nitrogens is 3. The Kier molecular flexibility index (Phi) is 4.12. The standard InChI is InChI=1S/C13H17N5O/c1-10(9-18-6-2-4-17-18)7-16-12-3-5-15-8-11(12)13(14)19/h2-6,8,10H,7,9H2,1H3,(H2,14,19)(H,15,16). The Bertz CT molecular complexity index is 538. The first-order chi connectivity index (χ1) is 9.16. The number of pyridine rings is 1. The van der Waals surface area contributed by atoms with Crippen LogP contribution < -0.4 is 11.1 Å². The van der Waals surface area contributed by atoms with Crippen LogP contribution in [-0.4, -0.2) is 27.2 Å². The zero-order valence-corrected chi connectivity index (χ0v) is 10.8. The number of hydrogen-bond donors (Lipinski definition) is 2. The largest absolute Gasteiger partial charge is 0.384 e. The maximum atomic E-state index is 11.3. The molecule has 0 aliphatic heterocycles. The molecule has 0 aliphatic rings. The lowest BCUT2D eigenvalue weighted by Gasteiger charge is -2.15. The van der Waals surface area contributed by atoms with Crippen LogP contribution in [0.2, 0.25) is 0 Å². The van der Waals surface area contributed by atoms with Gasteiger partial charge >= 0.3 is 0 Å². The minimum absolute atomic E-state index is 0.369. The van der Waals surface area contributed by atoms with Crippen molar-refractivity contribution in [2.75, 3.05) is 11.9 Å². The van der Waals surface area contributed by atoms with Gasteiger partial charge in [0.05, 0.1) is 11.3 Å². The first-order valence-corrected chi connectivity index (χ1v) is 6.12. The number of primary amides is 1. The summed E-state index contributed by atoms with van der Waals surface area (Å²) >= 11 is 0. The quantitative estimate of drug-likeness (QED) is 0.814. The Morgan fingerprint density at radius 1 is 1.53 bits per heavy atom. The minimum Gasteiger partial charge on any atom is -0.384 e. The van der Waals surface area contributed by atoms with E-state index in [1.165, 1.54) is 6.20 Å². The van der Waals surface area contributed by atoms with Crippen molar-refractivity contribution in [2.24, 2.45) is 11.7 Å². The second-order valence-electron chi connectivity index (χ2n) is 4.50. The van der Waals surface area contributed by atoms with E-state index in [-0.39, 0.29) is 0 Å². The fourth-order valence-corrected chi connectivity index (χ4v) is 1.82. The van der Waals surface area contributed by atoms with E-state index in [2.05, 4.69) is 22.3 Å². The molecule has 0 radical (unpaired) electrons. The molecule has 0 saturated heterocycles. The minimum atomic E-state index is -0.477. The zero-order valence-electron chi connectivity index (χ0n) is 10.8. The first kappa shape index (κ1) is 13.1. The summed E-state index contributed by atoms with van der Waals surface area (Å²) in [6, 6.07) is 3.65. The van der Waals surface area contributed by atoms with Crippen molar-refractivity contribution in [3.8, 4) is 0 Å². The highest BCUT2D eigenvalue weighted by molar-refractivity contribution is 5.98. The molecule has 100 valence electrons. The number of hydrogen-bond acceptors (Lipinski definition) is 4. The van der Waals surface area contributed by atoms with Gasteiger partial charge in [0, 0.05) is 37.9 Å². The van der Waals surface area contributed by atoms with Gasteiger partial charge in [0.2, 0.25) is 0 Å². The maximum absolute atomic E-state index is 11.3. The van der Waals surface area contributed by atoms with Gasteiger partial charge in [0.1, 0.15) is 0 Å². The second-order valence-corrected chi connectivity index (χ2v) is 4.50. The number of nitrogens with one attached hydrogen (secondary N) is 1. The van der Waals surface area contributed by atoms with Crippen molar-refractivity contribution in [1.29, 1.82) is 0 Å². The number of rotatable bonds is 6. The molecular weight excluding hydrogens is 242 g/mol. The van der Waals surface area contributed by atoms with E-state index in [9.17, 15) is 4.79 Å². The van der Waals surface area contributed by atoms with Crippen molar-refractivity contribution >= 4 is 11.6 Å². The van der Waals surface area contributed by atoms with Crippen LogP contribution >= 0.6 is 0 Å². The molecule has 2 aromatic rings. The van der Waals surface area contributed by atoms with Crippen LogP contribution in [-0.2, 0) is 6.54 Å². The SMILES string of the molecule is CC(CNc1ccncc1C(N)=O)Cn1cccn1. The summed E-state index contributed by atoms with van der Waals surface area (Å²) in [5.74, 6) is -0.107. The average molecular weight is 259 g/mol. The Balaban J connectivity index is 1.93. The average Bonchev–Trinajstić information content (AvgIpc) is 2.89. The van der Waals surface area contributed by atoms with Crippen molar-refractivity contribution in [1.82, 2.24) is 14.8 Å². The van der Waals surface area contributed by atoms with Gasteiger partial charge in [-0.1, -0.05) is 6.92 Å². The molecule has 2 aromatic heterocycles. The molecule has 2 rings (SSSR count). The fraction of sp³-hybridized carbons (Fsp3) is 0.308. The van der Waals surface area contributed by atoms with Crippen LogP contribution in [0.1, 0.15) is 17.3 Å². The van der Waals surface area contributed by atoms with Crippen LogP contribution in [0.3, 0.4) is 0 Å². The lowest BCUT2D eigenvalue weighted by atomic mass is 10.1. The van der Waals surface area contributed by atoms with E-state index in [0.29, 0.717) is 11.5 Å². The van der Waals surface area contributed by atoms with E-state index < -0.39 is 5.91 Å². The van der Waals surface area contributed by atoms with Crippen molar-refractivity contribution in [3.05, 3.63) is 42.5 Å². The summed E-state index contributed by atoms with van der Waals surface area (Å²) < 4.78 is 1.88. The first-order valence-electron chi connectivity index (χ1n) is 6.12. The summed E-state index contributed by atoms with van der Waals surface area (Å²) in [4.78, 5) is 15.2. The van der Waals surface area contributed by atoms with Crippen molar-refractivity contribution in [3.63, 3.8) is 0 Å². The van der Waals surface area contributed by atoms with E-state index >= 15 is 0 Å². The molecule has 0 spiro atoms. The molecule has 0 fully saturated rings. The Hall–Kier alpha value is -2.37. The van der Waals surface area contributed by atoms with Crippen LogP contribution in [0.15, 0.2) is 36.9 Å². The van der Waals surface area contributed by atoms with Gasteiger partial charge < -0.3 is 11.1 Å². The highest BCUT2D eigenvalue weighted by Gasteiger charge is 2.09. The molecule has 6 nitrogen and oxygen atoms in total. The predicted octanol–water partition coefficient (Wildman–Crippen LogP) is 1.13. The fourth-order valence-electron chi connectivity index (χ4n) is 1.82. The maximum Gasteiger partial charge on any atom is 0.252 e. The molecule has 0 aromatic carbocycles. The third-order valence-electron chi connectivity index (χ3n) is 2.79. The van der Waals surface area contributed by atoms with Crippen LogP contribution in [0.4, 0.5) is 5.69 Å². The van der Waals surface area contributed by atoms with Crippen LogP contribution in [0, 0.1) is 5.92 Å². The van der Waals surface area contributed by atoms with Gasteiger partial charge in [-0.3, -0.25) is 14.5 Å². The third kappa shape index (κ3) is 3.54. The lowest BCUT2D eigenvalue weighted by molar-refractivity contribution is 0.100. The molecule has 19 heavy (non-hydrogen) atoms. The zero-order chi connectivity index (χ0) is 13.7. The van der Waals surface area contributed by atoms with E-state index in [1.54, 1.807) is 18.5 Å². The summed E-state index contributed by atoms with van der Waals surface area (Å²) in [6.07, 6.45) is 6.79. The van der Waals surface area contributed by atoms with E-state index in [0.717, 1.165) is 18.8 Å². The van der Waals surface area contributed by atoms with Gasteiger partial charge in [-0.15, -0.1) is 0 Å². The number of nitrogens with zero attached hydrogens (tertiary/aromatic N) is 3. The number of anilines is 1. The van der Waals surface area contributed by atoms with Gasteiger partial charge in [-0.2, -0.15) is 5.10 Å². The highest BCUT2D eigenvalue weighted by Crippen LogP contribution is 2.13. The molecule has 3 N–H and O–H groups in total. The van der Waals surface area contributed by atoms with Crippen LogP contribution in [0.25, 0.3) is 0 Å². The van der Waals surface area contributed by atoms with Gasteiger partial charge in [0.15, 0.2) is 0 Å². The Labute approximate surface area is 111 Å². The molecule has 2 heterocycles. The Morgan fingerprint density at radius 2 is 2.37 bits per heavy atom. The van der Waals surface area contributed by atoms with Crippen molar-refractivity contribution < 1.29 is 4.79 Å². The summed E-state index contributed by atoms with van der Waals surface area (Å²) in [5, 5.41) is 7.39. The molecule has 1 atom stereocenters. The smallest absolute Gasteiger partial charge is 0.252 e. The molecular formula is C13H17N5O. The number of carbonyl (C=O) groups is 1. The predicted molar refractivity (Wildman–Crippen MR) is 72.6 cm³/mol. The highest BCUT2D eigenvalue weighted by atomic mass is 16.1.